The fourth-order valence-corrected chi connectivity index (χ4v) is 2.24. The number of hydrogen-bond donors (Lipinski definition) is 2. The van der Waals surface area contributed by atoms with Gasteiger partial charge in [0.25, 0.3) is 5.22 Å². The van der Waals surface area contributed by atoms with E-state index in [0.717, 1.165) is 18.5 Å². The molecule has 1 aromatic rings. The summed E-state index contributed by atoms with van der Waals surface area (Å²) in [6.07, 6.45) is 3.52. The van der Waals surface area contributed by atoms with E-state index in [1.807, 2.05) is 6.92 Å². The summed E-state index contributed by atoms with van der Waals surface area (Å²) in [5, 5.41) is 9.76. The predicted molar refractivity (Wildman–Crippen MR) is 60.9 cm³/mol. The zero-order chi connectivity index (χ0) is 11.3. The maximum absolute atomic E-state index is 9.22. The average Bonchev–Trinajstić information content (AvgIpc) is 2.61. The van der Waals surface area contributed by atoms with E-state index in [1.54, 1.807) is 6.26 Å². The molecule has 1 rings (SSSR count). The highest BCUT2D eigenvalue weighted by Crippen LogP contribution is 2.25. The third-order valence-electron chi connectivity index (χ3n) is 2.13. The molecule has 0 radical (unpaired) electrons. The van der Waals surface area contributed by atoms with Crippen molar-refractivity contribution in [3.8, 4) is 0 Å². The fourth-order valence-electron chi connectivity index (χ4n) is 1.30. The Labute approximate surface area is 94.3 Å². The Kier molecular flexibility index (Phi) is 5.14. The highest BCUT2D eigenvalue weighted by molar-refractivity contribution is 7.99. The number of hydrogen-bond acceptors (Lipinski definition) is 5. The van der Waals surface area contributed by atoms with Crippen molar-refractivity contribution < 1.29 is 9.52 Å². The zero-order valence-electron chi connectivity index (χ0n) is 9.14. The number of nitrogens with zero attached hydrogens (tertiary/aromatic N) is 1. The van der Waals surface area contributed by atoms with E-state index >= 15 is 0 Å². The van der Waals surface area contributed by atoms with Crippen LogP contribution in [0.5, 0.6) is 0 Å². The Hall–Kier alpha value is -0.520. The molecule has 0 aliphatic heterocycles. The molecule has 0 amide bonds. The number of rotatable bonds is 6. The van der Waals surface area contributed by atoms with Crippen molar-refractivity contribution in [2.45, 2.75) is 43.2 Å². The third kappa shape index (κ3) is 3.85. The molecule has 5 heteroatoms. The Bertz CT molecular complexity index is 291. The minimum Gasteiger partial charge on any atom is -0.440 e. The number of aryl methyl sites for hydroxylation is 1. The van der Waals surface area contributed by atoms with Crippen molar-refractivity contribution in [2.24, 2.45) is 5.73 Å². The maximum Gasteiger partial charge on any atom is 0.256 e. The first-order chi connectivity index (χ1) is 7.17. The van der Waals surface area contributed by atoms with E-state index in [4.69, 9.17) is 10.2 Å². The van der Waals surface area contributed by atoms with E-state index in [2.05, 4.69) is 11.9 Å². The molecule has 2 atom stereocenters. The van der Waals surface area contributed by atoms with E-state index in [9.17, 15) is 5.11 Å². The quantitative estimate of drug-likeness (QED) is 0.726. The lowest BCUT2D eigenvalue weighted by Gasteiger charge is -2.18. The summed E-state index contributed by atoms with van der Waals surface area (Å²) in [6, 6.07) is -0.0165. The second-order valence-corrected chi connectivity index (χ2v) is 4.74. The van der Waals surface area contributed by atoms with Crippen LogP contribution < -0.4 is 5.73 Å². The van der Waals surface area contributed by atoms with Crippen LogP contribution in [0, 0.1) is 6.92 Å². The lowest BCUT2D eigenvalue weighted by molar-refractivity contribution is 0.278. The molecule has 0 saturated heterocycles. The van der Waals surface area contributed by atoms with Gasteiger partial charge in [0, 0.05) is 6.04 Å². The molecule has 1 heterocycles. The molecule has 0 spiro atoms. The van der Waals surface area contributed by atoms with Gasteiger partial charge in [-0.2, -0.15) is 0 Å². The number of nitrogens with two attached hydrogens (primary N) is 1. The Morgan fingerprint density at radius 1 is 1.67 bits per heavy atom. The van der Waals surface area contributed by atoms with Gasteiger partial charge in [-0.25, -0.2) is 4.98 Å². The zero-order valence-corrected chi connectivity index (χ0v) is 9.96. The first-order valence-electron chi connectivity index (χ1n) is 5.12. The van der Waals surface area contributed by atoms with Crippen LogP contribution >= 0.6 is 11.8 Å². The number of aliphatic hydroxyl groups is 1. The van der Waals surface area contributed by atoms with Gasteiger partial charge in [-0.3, -0.25) is 0 Å². The lowest BCUT2D eigenvalue weighted by atomic mass is 10.1. The van der Waals surface area contributed by atoms with Crippen LogP contribution in [0.1, 0.15) is 25.5 Å². The first-order valence-corrected chi connectivity index (χ1v) is 6.00. The summed E-state index contributed by atoms with van der Waals surface area (Å²) in [5.41, 5.74) is 6.79. The summed E-state index contributed by atoms with van der Waals surface area (Å²) in [7, 11) is 0. The van der Waals surface area contributed by atoms with E-state index in [-0.39, 0.29) is 17.9 Å². The van der Waals surface area contributed by atoms with Crippen LogP contribution in [0.15, 0.2) is 15.9 Å². The van der Waals surface area contributed by atoms with Gasteiger partial charge >= 0.3 is 0 Å². The van der Waals surface area contributed by atoms with Crippen LogP contribution in [0.25, 0.3) is 0 Å². The standard InChI is InChI=1S/C10H18N2O2S/c1-3-4-8(11)9(5-13)15-10-12-7(2)6-14-10/h6,8-9,13H,3-5,11H2,1-2H3. The van der Waals surface area contributed by atoms with E-state index in [0.29, 0.717) is 5.22 Å². The normalized spacial score (nSPS) is 15.2. The monoisotopic (exact) mass is 230 g/mol. The second-order valence-electron chi connectivity index (χ2n) is 3.55. The molecule has 4 nitrogen and oxygen atoms in total. The molecule has 0 saturated carbocycles. The van der Waals surface area contributed by atoms with Crippen molar-refractivity contribution in [3.05, 3.63) is 12.0 Å². The molecule has 3 N–H and O–H groups in total. The third-order valence-corrected chi connectivity index (χ3v) is 3.32. The van der Waals surface area contributed by atoms with Crippen LogP contribution in [-0.2, 0) is 0 Å². The molecule has 15 heavy (non-hydrogen) atoms. The molecule has 0 aliphatic rings. The van der Waals surface area contributed by atoms with Crippen LogP contribution in [0.4, 0.5) is 0 Å². The number of aromatic nitrogens is 1. The SMILES string of the molecule is CCCC(N)C(CO)Sc1nc(C)co1. The largest absolute Gasteiger partial charge is 0.440 e. The van der Waals surface area contributed by atoms with Crippen LogP contribution in [-0.4, -0.2) is 28.0 Å². The number of aliphatic hydroxyl groups excluding tert-OH is 1. The lowest BCUT2D eigenvalue weighted by Crippen LogP contribution is -2.34. The average molecular weight is 230 g/mol. The van der Waals surface area contributed by atoms with Gasteiger partial charge in [0.2, 0.25) is 0 Å². The fraction of sp³-hybridized carbons (Fsp3) is 0.700. The molecule has 1 aromatic heterocycles. The Balaban J connectivity index is 2.53. The predicted octanol–water partition coefficient (Wildman–Crippen LogP) is 1.56. The summed E-state index contributed by atoms with van der Waals surface area (Å²) < 4.78 is 5.21. The van der Waals surface area contributed by atoms with Gasteiger partial charge in [-0.1, -0.05) is 25.1 Å². The van der Waals surface area contributed by atoms with Crippen molar-refractivity contribution in [1.82, 2.24) is 4.98 Å². The van der Waals surface area contributed by atoms with Gasteiger partial charge in [0.1, 0.15) is 6.26 Å². The van der Waals surface area contributed by atoms with Crippen molar-refractivity contribution in [3.63, 3.8) is 0 Å². The van der Waals surface area contributed by atoms with Crippen molar-refractivity contribution in [1.29, 1.82) is 0 Å². The van der Waals surface area contributed by atoms with Gasteiger partial charge in [-0.05, 0) is 13.3 Å². The topological polar surface area (TPSA) is 72.3 Å². The molecule has 0 bridgehead atoms. The summed E-state index contributed by atoms with van der Waals surface area (Å²) in [6.45, 7) is 4.00. The minimum absolute atomic E-state index is 0.0165. The van der Waals surface area contributed by atoms with Gasteiger partial charge in [0.05, 0.1) is 17.6 Å². The maximum atomic E-state index is 9.22. The van der Waals surface area contributed by atoms with Gasteiger partial charge < -0.3 is 15.3 Å². The highest BCUT2D eigenvalue weighted by Gasteiger charge is 2.19. The second kappa shape index (κ2) is 6.15. The van der Waals surface area contributed by atoms with Crippen LogP contribution in [0.2, 0.25) is 0 Å². The van der Waals surface area contributed by atoms with Crippen LogP contribution in [0.3, 0.4) is 0 Å². The molecule has 86 valence electrons. The van der Waals surface area contributed by atoms with Gasteiger partial charge in [0.15, 0.2) is 0 Å². The van der Waals surface area contributed by atoms with Gasteiger partial charge in [-0.15, -0.1) is 0 Å². The molecular formula is C10H18N2O2S. The Morgan fingerprint density at radius 3 is 2.87 bits per heavy atom. The highest BCUT2D eigenvalue weighted by atomic mass is 32.2. The Morgan fingerprint density at radius 2 is 2.40 bits per heavy atom. The molecule has 0 aromatic carbocycles. The molecule has 0 fully saturated rings. The first kappa shape index (κ1) is 12.5. The van der Waals surface area contributed by atoms with Crippen molar-refractivity contribution in [2.75, 3.05) is 6.61 Å². The number of oxazole rings is 1. The minimum atomic E-state index is -0.0389. The molecule has 0 aliphatic carbocycles. The summed E-state index contributed by atoms with van der Waals surface area (Å²) >= 11 is 1.40. The van der Waals surface area contributed by atoms with Crippen molar-refractivity contribution >= 4 is 11.8 Å². The summed E-state index contributed by atoms with van der Waals surface area (Å²) in [5.74, 6) is 0. The molecular weight excluding hydrogens is 212 g/mol. The molecule has 2 unspecified atom stereocenters. The van der Waals surface area contributed by atoms with E-state index in [1.165, 1.54) is 11.8 Å². The number of thioether (sulfide) groups is 1. The smallest absolute Gasteiger partial charge is 0.256 e. The summed E-state index contributed by atoms with van der Waals surface area (Å²) in [4.78, 5) is 4.17. The van der Waals surface area contributed by atoms with E-state index < -0.39 is 0 Å².